The van der Waals surface area contributed by atoms with Gasteiger partial charge in [-0.15, -0.1) is 11.3 Å². The number of nitrogens with zero attached hydrogens (tertiary/aromatic N) is 5. The van der Waals surface area contributed by atoms with E-state index in [1.165, 1.54) is 19.2 Å². The molecule has 0 spiro atoms. The molecule has 7 N–H and O–H groups in total. The van der Waals surface area contributed by atoms with Crippen molar-refractivity contribution in [3.8, 4) is 5.75 Å². The first-order valence-electron chi connectivity index (χ1n) is 14.6. The van der Waals surface area contributed by atoms with Crippen molar-refractivity contribution < 1.29 is 51.6 Å². The average Bonchev–Trinajstić information content (AvgIpc) is 3.42. The number of aromatic amines is 1. The van der Waals surface area contributed by atoms with Crippen molar-refractivity contribution in [3.05, 3.63) is 39.3 Å². The maximum absolute atomic E-state index is 13.7. The fourth-order valence-corrected chi connectivity index (χ4v) is 5.23. The molecule has 3 heterocycles. The second-order valence-corrected chi connectivity index (χ2v) is 15.2. The molecule has 278 valence electrons. The van der Waals surface area contributed by atoms with Gasteiger partial charge in [-0.2, -0.15) is 17.8 Å². The molecule has 1 aliphatic heterocycles. The Labute approximate surface area is 294 Å². The van der Waals surface area contributed by atoms with E-state index in [0.29, 0.717) is 0 Å². The number of hydrazone groups is 1. The second-order valence-electron chi connectivity index (χ2n) is 13.1. The van der Waals surface area contributed by atoms with Gasteiger partial charge in [0.1, 0.15) is 22.6 Å². The molecule has 0 aliphatic carbocycles. The number of aromatic hydroxyl groups is 1. The Kier molecular flexibility index (Phi) is 11.6. The third-order valence-electron chi connectivity index (χ3n) is 6.04. The third kappa shape index (κ3) is 10.5. The first-order valence-corrected chi connectivity index (χ1v) is 16.9. The third-order valence-corrected chi connectivity index (χ3v) is 7.69. The summed E-state index contributed by atoms with van der Waals surface area (Å²) in [5.74, 6) is 1.38. The number of pyridine rings is 1. The van der Waals surface area contributed by atoms with Crippen LogP contribution in [0, 0.1) is 0 Å². The van der Waals surface area contributed by atoms with Crippen molar-refractivity contribution in [2.75, 3.05) is 5.32 Å². The number of aliphatic imine (C=N–C) groups is 1. The van der Waals surface area contributed by atoms with Gasteiger partial charge in [0.15, 0.2) is 28.8 Å². The van der Waals surface area contributed by atoms with Gasteiger partial charge >= 0.3 is 22.4 Å². The molecule has 1 saturated heterocycles. The van der Waals surface area contributed by atoms with Crippen LogP contribution in [-0.2, 0) is 39.0 Å². The van der Waals surface area contributed by atoms with E-state index in [1.807, 2.05) is 0 Å². The van der Waals surface area contributed by atoms with Gasteiger partial charge in [0.05, 0.1) is 11.9 Å². The Morgan fingerprint density at radius 1 is 1.10 bits per heavy atom. The van der Waals surface area contributed by atoms with Gasteiger partial charge in [-0.1, -0.05) is 5.16 Å². The molecule has 3 amide bonds. The zero-order valence-electron chi connectivity index (χ0n) is 28.6. The van der Waals surface area contributed by atoms with Gasteiger partial charge in [0, 0.05) is 17.6 Å². The fraction of sp³-hybridized carbons (Fsp3) is 0.464. The highest BCUT2D eigenvalue weighted by Crippen LogP contribution is 2.26. The Morgan fingerprint density at radius 3 is 2.27 bits per heavy atom. The monoisotopic (exact) mass is 755 g/mol. The van der Waals surface area contributed by atoms with Crippen molar-refractivity contribution in [2.24, 2.45) is 21.1 Å². The second kappa shape index (κ2) is 14.8. The number of ether oxygens (including phenoxy) is 2. The molecule has 1 aliphatic rings. The zero-order valence-corrected chi connectivity index (χ0v) is 30.2. The van der Waals surface area contributed by atoms with Gasteiger partial charge in [0.25, 0.3) is 11.8 Å². The number of hydrogen-bond donors (Lipinski definition) is 6. The number of thiazole rings is 1. The predicted molar refractivity (Wildman–Crippen MR) is 182 cm³/mol. The lowest BCUT2D eigenvalue weighted by Crippen LogP contribution is -2.71. The Hall–Kier alpha value is -5.42. The topological polar surface area (TPSA) is 307 Å². The van der Waals surface area contributed by atoms with Crippen molar-refractivity contribution in [1.29, 1.82) is 0 Å². The van der Waals surface area contributed by atoms with Crippen LogP contribution in [0.2, 0.25) is 0 Å². The first-order chi connectivity index (χ1) is 23.3. The van der Waals surface area contributed by atoms with Gasteiger partial charge in [0.2, 0.25) is 11.0 Å². The Balaban J connectivity index is 1.99. The Bertz CT molecular complexity index is 1950. The number of aromatic nitrogens is 2. The molecule has 51 heavy (non-hydrogen) atoms. The number of oxime groups is 1. The number of carbonyl (C=O) groups excluding carboxylic acids is 4. The van der Waals surface area contributed by atoms with Crippen LogP contribution in [0.25, 0.3) is 0 Å². The molecule has 3 rings (SSSR count). The van der Waals surface area contributed by atoms with Gasteiger partial charge in [-0.25, -0.2) is 14.6 Å². The standard InChI is InChI=1S/C28H37N9O12S2/c1-26(2,3)47-23(42)28(7,8)49-36-18(15-12-50-24(32-15)34-25(43)48-27(4,5)6)21(40)33-19-20(37(22(19)41)51(44,45)46)31-10-14(35-29)13-9-16(38)17(39)11-30-13/h9-12,19-20,39H,29H2,1-8H3,(H,30,38)(H,33,40)(H,32,34,43)(H,44,45,46)/b31-10?,35-14?,36-18-/t19-,20?/m0/s1. The molecule has 2 aromatic heterocycles. The van der Waals surface area contributed by atoms with Crippen LogP contribution in [0.15, 0.2) is 37.7 Å². The highest BCUT2D eigenvalue weighted by atomic mass is 32.2. The number of β-lactam (4-membered cyclic amide) rings is 1. The molecule has 2 aromatic rings. The van der Waals surface area contributed by atoms with Crippen LogP contribution in [-0.4, -0.2) is 103 Å². The molecular weight excluding hydrogens is 718 g/mol. The summed E-state index contributed by atoms with van der Waals surface area (Å²) in [6.07, 6.45) is -0.918. The van der Waals surface area contributed by atoms with Crippen LogP contribution in [0.4, 0.5) is 9.93 Å². The molecule has 23 heteroatoms. The van der Waals surface area contributed by atoms with Gasteiger partial charge in [-0.3, -0.25) is 29.2 Å². The molecule has 0 saturated carbocycles. The molecule has 0 aromatic carbocycles. The van der Waals surface area contributed by atoms with Crippen LogP contribution < -0.4 is 21.9 Å². The largest absolute Gasteiger partial charge is 0.503 e. The molecule has 1 fully saturated rings. The van der Waals surface area contributed by atoms with Crippen molar-refractivity contribution in [3.63, 3.8) is 0 Å². The number of rotatable bonds is 11. The van der Waals surface area contributed by atoms with E-state index in [1.54, 1.807) is 41.5 Å². The summed E-state index contributed by atoms with van der Waals surface area (Å²) in [7, 11) is -5.23. The van der Waals surface area contributed by atoms with Gasteiger partial charge in [-0.05, 0) is 55.4 Å². The number of esters is 1. The summed E-state index contributed by atoms with van der Waals surface area (Å²) in [5, 5.41) is 22.6. The SMILES string of the molecule is CC(C)(C)OC(=O)Nc1nc(/C(=N/OC(C)(C)C(=O)OC(C)(C)C)C(=O)N[C@@H]2C(=O)N(S(=O)(=O)O)C2N=CC(=NN)c2cc(=O)c(O)c[nH]2)cs1. The van der Waals surface area contributed by atoms with Crippen molar-refractivity contribution in [2.45, 2.75) is 84.4 Å². The fourth-order valence-electron chi connectivity index (χ4n) is 3.76. The van der Waals surface area contributed by atoms with Gasteiger partial charge < -0.3 is 35.6 Å². The molecule has 0 bridgehead atoms. The number of nitrogens with one attached hydrogen (secondary N) is 3. The minimum Gasteiger partial charge on any atom is -0.503 e. The maximum Gasteiger partial charge on any atom is 0.413 e. The number of carbonyl (C=O) groups is 4. The summed E-state index contributed by atoms with van der Waals surface area (Å²) in [6, 6.07) is -0.865. The van der Waals surface area contributed by atoms with E-state index in [2.05, 4.69) is 35.9 Å². The highest BCUT2D eigenvalue weighted by Gasteiger charge is 2.54. The van der Waals surface area contributed by atoms with E-state index in [9.17, 15) is 42.0 Å². The lowest BCUT2D eigenvalue weighted by molar-refractivity contribution is -0.179. The molecule has 2 atom stereocenters. The lowest BCUT2D eigenvalue weighted by Gasteiger charge is -2.41. The quantitative estimate of drug-likeness (QED) is 0.0458. The van der Waals surface area contributed by atoms with E-state index >= 15 is 0 Å². The maximum atomic E-state index is 13.7. The van der Waals surface area contributed by atoms with Crippen LogP contribution in [0.3, 0.4) is 0 Å². The molecule has 21 nitrogen and oxygen atoms in total. The minimum absolute atomic E-state index is 0.0488. The lowest BCUT2D eigenvalue weighted by atomic mass is 10.1. The normalized spacial score (nSPS) is 17.5. The van der Waals surface area contributed by atoms with Crippen molar-refractivity contribution >= 4 is 68.3 Å². The zero-order chi connectivity index (χ0) is 38.7. The highest BCUT2D eigenvalue weighted by molar-refractivity contribution is 7.84. The van der Waals surface area contributed by atoms with Crippen LogP contribution in [0.1, 0.15) is 66.8 Å². The summed E-state index contributed by atoms with van der Waals surface area (Å²) in [5.41, 5.74) is -5.57. The van der Waals surface area contributed by atoms with E-state index in [-0.39, 0.29) is 26.5 Å². The van der Waals surface area contributed by atoms with E-state index in [0.717, 1.165) is 29.8 Å². The molecule has 1 unspecified atom stereocenters. The van der Waals surface area contributed by atoms with E-state index in [4.69, 9.17) is 20.2 Å². The Morgan fingerprint density at radius 2 is 1.73 bits per heavy atom. The summed E-state index contributed by atoms with van der Waals surface area (Å²) in [4.78, 5) is 79.6. The summed E-state index contributed by atoms with van der Waals surface area (Å²) < 4.78 is 44.3. The molecule has 0 radical (unpaired) electrons. The smallest absolute Gasteiger partial charge is 0.413 e. The number of H-pyrrole nitrogens is 1. The first kappa shape index (κ1) is 40.0. The predicted octanol–water partition coefficient (Wildman–Crippen LogP) is 0.615. The van der Waals surface area contributed by atoms with Crippen LogP contribution >= 0.6 is 11.3 Å². The number of nitrogens with two attached hydrogens (primary N) is 1. The minimum atomic E-state index is -5.23. The molecular formula is C28H37N9O12S2. The summed E-state index contributed by atoms with van der Waals surface area (Å²) in [6.45, 7) is 12.4. The van der Waals surface area contributed by atoms with Crippen molar-refractivity contribution in [1.82, 2.24) is 19.6 Å². The number of amides is 3. The van der Waals surface area contributed by atoms with E-state index < -0.39 is 80.1 Å². The number of anilines is 1. The number of hydrogen-bond acceptors (Lipinski definition) is 17. The van der Waals surface area contributed by atoms with Crippen LogP contribution in [0.5, 0.6) is 5.75 Å². The average molecular weight is 756 g/mol. The summed E-state index contributed by atoms with van der Waals surface area (Å²) >= 11 is 0.846.